The van der Waals surface area contributed by atoms with Crippen LogP contribution in [-0.2, 0) is 28.6 Å². The first-order valence-electron chi connectivity index (χ1n) is 35.3. The van der Waals surface area contributed by atoms with E-state index in [2.05, 4.69) is 20.8 Å². The van der Waals surface area contributed by atoms with Gasteiger partial charge in [-0.1, -0.05) is 367 Å². The molecule has 0 aliphatic heterocycles. The van der Waals surface area contributed by atoms with Crippen LogP contribution < -0.4 is 0 Å². The number of carbonyl (C=O) groups excluding carboxylic acids is 3. The summed E-state index contributed by atoms with van der Waals surface area (Å²) in [6.45, 7) is 9.00. The summed E-state index contributed by atoms with van der Waals surface area (Å²) in [4.78, 5) is 38.7. The predicted octanol–water partition coefficient (Wildman–Crippen LogP) is 24.1. The number of unbranched alkanes of at least 4 members (excludes halogenated alkanes) is 54. The number of esters is 3. The van der Waals surface area contributed by atoms with Gasteiger partial charge in [-0.05, 0) is 26.2 Å². The Labute approximate surface area is 482 Å². The number of hydrogen-bond acceptors (Lipinski definition) is 6. The lowest BCUT2D eigenvalue weighted by atomic mass is 9.94. The third kappa shape index (κ3) is 61.9. The molecule has 458 valence electrons. The SMILES string of the molecule is CCCCCCCCCCCCCCCCCCCCCC(=O)OCC(C)(COC(=O)CCCCCCCCCCCCCCCCCCCCC)COC(=O)CCCCCCCCCCCCCCCCCCCCC. The second kappa shape index (κ2) is 63.6. The van der Waals surface area contributed by atoms with Crippen LogP contribution in [0.2, 0.25) is 0 Å². The van der Waals surface area contributed by atoms with Crippen molar-refractivity contribution >= 4 is 17.9 Å². The topological polar surface area (TPSA) is 78.9 Å². The van der Waals surface area contributed by atoms with E-state index in [4.69, 9.17) is 14.2 Å². The summed E-state index contributed by atoms with van der Waals surface area (Å²) in [6.07, 6.45) is 76.6. The molecule has 0 aromatic rings. The molecule has 0 atom stereocenters. The van der Waals surface area contributed by atoms with Crippen molar-refractivity contribution in [2.45, 2.75) is 413 Å². The molecule has 0 rings (SSSR count). The molecule has 0 bridgehead atoms. The van der Waals surface area contributed by atoms with Crippen LogP contribution in [0.1, 0.15) is 413 Å². The fourth-order valence-corrected chi connectivity index (χ4v) is 11.1. The van der Waals surface area contributed by atoms with E-state index < -0.39 is 5.41 Å². The van der Waals surface area contributed by atoms with Crippen LogP contribution >= 0.6 is 0 Å². The summed E-state index contributed by atoms with van der Waals surface area (Å²) in [7, 11) is 0. The predicted molar refractivity (Wildman–Crippen MR) is 335 cm³/mol. The number of carbonyl (C=O) groups is 3. The highest BCUT2D eigenvalue weighted by Gasteiger charge is 2.31. The van der Waals surface area contributed by atoms with Crippen molar-refractivity contribution in [3.8, 4) is 0 Å². The molecule has 0 heterocycles. The summed E-state index contributed by atoms with van der Waals surface area (Å²) >= 11 is 0. The molecule has 0 radical (unpaired) electrons. The number of ether oxygens (including phenoxy) is 3. The van der Waals surface area contributed by atoms with Crippen LogP contribution in [0, 0.1) is 5.41 Å². The first-order chi connectivity index (χ1) is 37.9. The maximum Gasteiger partial charge on any atom is 0.305 e. The number of hydrogen-bond donors (Lipinski definition) is 0. The Morgan fingerprint density at radius 3 is 0.455 bits per heavy atom. The van der Waals surface area contributed by atoms with Crippen LogP contribution in [0.4, 0.5) is 0 Å². The quantitative estimate of drug-likeness (QED) is 0.0343. The van der Waals surface area contributed by atoms with Crippen LogP contribution in [0.3, 0.4) is 0 Å². The van der Waals surface area contributed by atoms with E-state index in [-0.39, 0.29) is 37.7 Å². The molecule has 0 amide bonds. The Balaban J connectivity index is 4.37. The zero-order valence-corrected chi connectivity index (χ0v) is 53.0. The van der Waals surface area contributed by atoms with E-state index in [1.54, 1.807) is 0 Å². The third-order valence-corrected chi connectivity index (χ3v) is 16.7. The summed E-state index contributed by atoms with van der Waals surface area (Å²) in [6, 6.07) is 0. The molecular formula is C71H138O6. The van der Waals surface area contributed by atoms with Crippen molar-refractivity contribution in [2.75, 3.05) is 19.8 Å². The van der Waals surface area contributed by atoms with Gasteiger partial charge in [-0.25, -0.2) is 0 Å². The summed E-state index contributed by atoms with van der Waals surface area (Å²) in [5.41, 5.74) is -0.782. The minimum absolute atomic E-state index is 0.0734. The fourth-order valence-electron chi connectivity index (χ4n) is 11.1. The first kappa shape index (κ1) is 75.4. The second-order valence-corrected chi connectivity index (χ2v) is 25.1. The van der Waals surface area contributed by atoms with Gasteiger partial charge in [0.1, 0.15) is 19.8 Å². The Morgan fingerprint density at radius 2 is 0.325 bits per heavy atom. The van der Waals surface area contributed by atoms with Crippen LogP contribution in [0.5, 0.6) is 0 Å². The molecule has 0 aromatic carbocycles. The summed E-state index contributed by atoms with van der Waals surface area (Å²) in [5, 5.41) is 0. The van der Waals surface area contributed by atoms with Crippen molar-refractivity contribution in [3.63, 3.8) is 0 Å². The van der Waals surface area contributed by atoms with Gasteiger partial charge >= 0.3 is 17.9 Å². The monoisotopic (exact) mass is 1090 g/mol. The minimum atomic E-state index is -0.782. The maximum absolute atomic E-state index is 12.9. The minimum Gasteiger partial charge on any atom is -0.465 e. The van der Waals surface area contributed by atoms with Gasteiger partial charge in [-0.15, -0.1) is 0 Å². The molecule has 6 nitrogen and oxygen atoms in total. The van der Waals surface area contributed by atoms with E-state index >= 15 is 0 Å². The third-order valence-electron chi connectivity index (χ3n) is 16.7. The van der Waals surface area contributed by atoms with Crippen LogP contribution in [-0.4, -0.2) is 37.7 Å². The second-order valence-electron chi connectivity index (χ2n) is 25.1. The molecule has 0 saturated carbocycles. The maximum atomic E-state index is 12.9. The van der Waals surface area contributed by atoms with Gasteiger partial charge in [0.15, 0.2) is 0 Å². The zero-order chi connectivity index (χ0) is 55.9. The molecule has 0 aromatic heterocycles. The molecule has 0 saturated heterocycles. The van der Waals surface area contributed by atoms with E-state index in [0.717, 1.165) is 57.8 Å². The average Bonchev–Trinajstić information content (AvgIpc) is 3.43. The van der Waals surface area contributed by atoms with E-state index in [9.17, 15) is 14.4 Å². The molecule has 77 heavy (non-hydrogen) atoms. The van der Waals surface area contributed by atoms with Gasteiger partial charge in [-0.3, -0.25) is 14.4 Å². The lowest BCUT2D eigenvalue weighted by Gasteiger charge is -2.28. The Morgan fingerprint density at radius 1 is 0.208 bits per heavy atom. The van der Waals surface area contributed by atoms with Gasteiger partial charge in [0.25, 0.3) is 0 Å². The van der Waals surface area contributed by atoms with Crippen molar-refractivity contribution in [3.05, 3.63) is 0 Å². The molecule has 0 aliphatic rings. The normalized spacial score (nSPS) is 11.7. The highest BCUT2D eigenvalue weighted by molar-refractivity contribution is 5.70. The van der Waals surface area contributed by atoms with Crippen molar-refractivity contribution in [2.24, 2.45) is 5.41 Å². The molecule has 0 N–H and O–H groups in total. The molecule has 0 aliphatic carbocycles. The molecular weight excluding hydrogens is 949 g/mol. The average molecular weight is 1090 g/mol. The fraction of sp³-hybridized carbons (Fsp3) is 0.958. The lowest BCUT2D eigenvalue weighted by Crippen LogP contribution is -2.37. The summed E-state index contributed by atoms with van der Waals surface area (Å²) in [5.74, 6) is -0.655. The largest absolute Gasteiger partial charge is 0.465 e. The van der Waals surface area contributed by atoms with Crippen LogP contribution in [0.25, 0.3) is 0 Å². The molecule has 6 heteroatoms. The smallest absolute Gasteiger partial charge is 0.305 e. The van der Waals surface area contributed by atoms with E-state index in [1.807, 2.05) is 6.92 Å². The van der Waals surface area contributed by atoms with Crippen molar-refractivity contribution in [1.82, 2.24) is 0 Å². The Kier molecular flexibility index (Phi) is 62.3. The van der Waals surface area contributed by atoms with Crippen LogP contribution in [0.15, 0.2) is 0 Å². The van der Waals surface area contributed by atoms with Gasteiger partial charge in [-0.2, -0.15) is 0 Å². The standard InChI is InChI=1S/C71H138O6/c1-5-8-11-14-17-20-23-26-29-32-35-38-41-44-47-50-53-56-59-62-68(72)75-65-71(4,66-76-69(73)63-60-57-54-51-48-45-42-39-36-33-30-27-24-21-18-15-12-9-6-2)67-77-70(74)64-61-58-55-52-49-46-43-40-37-34-31-28-25-22-19-16-13-10-7-3/h5-67H2,1-4H3. The highest BCUT2D eigenvalue weighted by Crippen LogP contribution is 2.23. The Hall–Kier alpha value is -1.59. The summed E-state index contributed by atoms with van der Waals surface area (Å²) < 4.78 is 17.4. The Bertz CT molecular complexity index is 1040. The van der Waals surface area contributed by atoms with Gasteiger partial charge in [0.2, 0.25) is 0 Å². The highest BCUT2D eigenvalue weighted by atomic mass is 16.6. The number of rotatable bonds is 66. The first-order valence-corrected chi connectivity index (χ1v) is 35.3. The van der Waals surface area contributed by atoms with Crippen molar-refractivity contribution in [1.29, 1.82) is 0 Å². The molecule has 0 spiro atoms. The molecule has 0 fully saturated rings. The van der Waals surface area contributed by atoms with Crippen molar-refractivity contribution < 1.29 is 28.6 Å². The van der Waals surface area contributed by atoms with E-state index in [1.165, 1.54) is 308 Å². The van der Waals surface area contributed by atoms with Gasteiger partial charge < -0.3 is 14.2 Å². The van der Waals surface area contributed by atoms with Gasteiger partial charge in [0.05, 0.1) is 5.41 Å². The van der Waals surface area contributed by atoms with Gasteiger partial charge in [0, 0.05) is 19.3 Å². The van der Waals surface area contributed by atoms with E-state index in [0.29, 0.717) is 19.3 Å². The zero-order valence-electron chi connectivity index (χ0n) is 53.0. The molecule has 0 unspecified atom stereocenters. The lowest BCUT2D eigenvalue weighted by molar-refractivity contribution is -0.160.